The van der Waals surface area contributed by atoms with Crippen LogP contribution in [-0.4, -0.2) is 66.5 Å². The number of nitrogens with zero attached hydrogens (tertiary/aromatic N) is 4. The second-order valence-electron chi connectivity index (χ2n) is 8.63. The SMILES string of the molecule is CCCCN(C)C(=O)C1CCCN(C2CCN(c3nc4ccccc4o3)CC2)C1. The number of amides is 1. The molecular weight excluding hydrogens is 364 g/mol. The van der Waals surface area contributed by atoms with Crippen LogP contribution in [0.25, 0.3) is 11.1 Å². The monoisotopic (exact) mass is 398 g/mol. The molecular formula is C23H34N4O2. The molecule has 6 nitrogen and oxygen atoms in total. The van der Waals surface area contributed by atoms with Crippen LogP contribution >= 0.6 is 0 Å². The quantitative estimate of drug-likeness (QED) is 0.741. The Labute approximate surface area is 173 Å². The minimum Gasteiger partial charge on any atom is -0.423 e. The molecule has 3 heterocycles. The number of unbranched alkanes of at least 4 members (excludes halogenated alkanes) is 1. The zero-order valence-corrected chi connectivity index (χ0v) is 17.8. The van der Waals surface area contributed by atoms with Crippen molar-refractivity contribution in [2.75, 3.05) is 44.7 Å². The summed E-state index contributed by atoms with van der Waals surface area (Å²) in [5.41, 5.74) is 1.78. The van der Waals surface area contributed by atoms with Gasteiger partial charge in [-0.1, -0.05) is 25.5 Å². The summed E-state index contributed by atoms with van der Waals surface area (Å²) in [7, 11) is 1.97. The second kappa shape index (κ2) is 9.16. The summed E-state index contributed by atoms with van der Waals surface area (Å²) < 4.78 is 5.95. The minimum absolute atomic E-state index is 0.167. The van der Waals surface area contributed by atoms with Gasteiger partial charge < -0.3 is 14.2 Å². The van der Waals surface area contributed by atoms with Gasteiger partial charge in [0.2, 0.25) is 5.91 Å². The normalized spacial score (nSPS) is 21.6. The molecule has 2 fully saturated rings. The first-order valence-electron chi connectivity index (χ1n) is 11.2. The molecule has 2 aromatic rings. The third-order valence-corrected chi connectivity index (χ3v) is 6.56. The molecule has 1 aromatic heterocycles. The average Bonchev–Trinajstić information content (AvgIpc) is 3.21. The number of benzene rings is 1. The fourth-order valence-corrected chi connectivity index (χ4v) is 4.77. The highest BCUT2D eigenvalue weighted by Gasteiger charge is 2.33. The van der Waals surface area contributed by atoms with Crippen LogP contribution in [0.4, 0.5) is 6.01 Å². The van der Waals surface area contributed by atoms with Gasteiger partial charge in [0.1, 0.15) is 5.52 Å². The molecule has 0 aliphatic carbocycles. The third-order valence-electron chi connectivity index (χ3n) is 6.56. The first-order valence-corrected chi connectivity index (χ1v) is 11.2. The van der Waals surface area contributed by atoms with E-state index in [9.17, 15) is 4.79 Å². The summed E-state index contributed by atoms with van der Waals surface area (Å²) in [6.45, 7) is 7.02. The van der Waals surface area contributed by atoms with Crippen LogP contribution in [0.5, 0.6) is 0 Å². The maximum absolute atomic E-state index is 12.8. The fraction of sp³-hybridized carbons (Fsp3) is 0.652. The Morgan fingerprint density at radius 2 is 2.00 bits per heavy atom. The Morgan fingerprint density at radius 1 is 1.21 bits per heavy atom. The average molecular weight is 399 g/mol. The number of carbonyl (C=O) groups is 1. The summed E-state index contributed by atoms with van der Waals surface area (Å²) in [5, 5.41) is 0. The van der Waals surface area contributed by atoms with Crippen LogP contribution in [0.2, 0.25) is 0 Å². The van der Waals surface area contributed by atoms with E-state index in [1.54, 1.807) is 0 Å². The lowest BCUT2D eigenvalue weighted by Gasteiger charge is -2.42. The molecule has 29 heavy (non-hydrogen) atoms. The van der Waals surface area contributed by atoms with Crippen LogP contribution in [0, 0.1) is 5.92 Å². The highest BCUT2D eigenvalue weighted by molar-refractivity contribution is 5.79. The van der Waals surface area contributed by atoms with E-state index in [-0.39, 0.29) is 5.92 Å². The molecule has 4 rings (SSSR count). The van der Waals surface area contributed by atoms with E-state index in [1.165, 1.54) is 0 Å². The maximum Gasteiger partial charge on any atom is 0.298 e. The number of fused-ring (bicyclic) bond motifs is 1. The third kappa shape index (κ3) is 4.58. The number of likely N-dealkylation sites (tertiary alicyclic amines) is 1. The Hall–Kier alpha value is -2.08. The number of rotatable bonds is 6. The molecule has 6 heteroatoms. The number of oxazole rings is 1. The van der Waals surface area contributed by atoms with E-state index in [4.69, 9.17) is 4.42 Å². The number of piperidine rings is 2. The zero-order chi connectivity index (χ0) is 20.2. The summed E-state index contributed by atoms with van der Waals surface area (Å²) in [5.74, 6) is 0.507. The van der Waals surface area contributed by atoms with Crippen molar-refractivity contribution < 1.29 is 9.21 Å². The van der Waals surface area contributed by atoms with Crippen molar-refractivity contribution in [1.82, 2.24) is 14.8 Å². The Balaban J connectivity index is 1.31. The molecule has 0 N–H and O–H groups in total. The van der Waals surface area contributed by atoms with Crippen LogP contribution in [0.15, 0.2) is 28.7 Å². The predicted octanol–water partition coefficient (Wildman–Crippen LogP) is 3.77. The lowest BCUT2D eigenvalue weighted by molar-refractivity contribution is -0.136. The fourth-order valence-electron chi connectivity index (χ4n) is 4.77. The van der Waals surface area contributed by atoms with Crippen molar-refractivity contribution in [1.29, 1.82) is 0 Å². The van der Waals surface area contributed by atoms with Crippen LogP contribution in [-0.2, 0) is 4.79 Å². The molecule has 0 spiro atoms. The molecule has 158 valence electrons. The van der Waals surface area contributed by atoms with Crippen LogP contribution in [0.3, 0.4) is 0 Å². The van der Waals surface area contributed by atoms with Crippen molar-refractivity contribution in [3.8, 4) is 0 Å². The summed E-state index contributed by atoms with van der Waals surface area (Å²) >= 11 is 0. The molecule has 1 atom stereocenters. The van der Waals surface area contributed by atoms with E-state index in [0.29, 0.717) is 11.9 Å². The van der Waals surface area contributed by atoms with E-state index in [0.717, 1.165) is 88.4 Å². The van der Waals surface area contributed by atoms with Gasteiger partial charge in [-0.2, -0.15) is 4.98 Å². The van der Waals surface area contributed by atoms with Gasteiger partial charge >= 0.3 is 0 Å². The van der Waals surface area contributed by atoms with Gasteiger partial charge in [0.25, 0.3) is 6.01 Å². The molecule has 0 bridgehead atoms. The summed E-state index contributed by atoms with van der Waals surface area (Å²) in [6.07, 6.45) is 6.59. The summed E-state index contributed by atoms with van der Waals surface area (Å²) in [6, 6.07) is 9.26. The predicted molar refractivity (Wildman–Crippen MR) is 116 cm³/mol. The van der Waals surface area contributed by atoms with Crippen LogP contribution < -0.4 is 4.90 Å². The molecule has 1 aromatic carbocycles. The van der Waals surface area contributed by atoms with Gasteiger partial charge in [-0.15, -0.1) is 0 Å². The molecule has 0 saturated carbocycles. The van der Waals surface area contributed by atoms with Crippen molar-refractivity contribution in [2.24, 2.45) is 5.92 Å². The largest absolute Gasteiger partial charge is 0.423 e. The van der Waals surface area contributed by atoms with Gasteiger partial charge in [0.05, 0.1) is 5.92 Å². The summed E-state index contributed by atoms with van der Waals surface area (Å²) in [4.78, 5) is 24.3. The highest BCUT2D eigenvalue weighted by Crippen LogP contribution is 2.28. The van der Waals surface area contributed by atoms with Crippen molar-refractivity contribution >= 4 is 23.0 Å². The molecule has 1 amide bonds. The molecule has 2 aliphatic rings. The standard InChI is InChI=1S/C23H34N4O2/c1-3-4-13-25(2)22(28)18-8-7-14-27(17-18)19-11-15-26(16-12-19)23-24-20-9-5-6-10-21(20)29-23/h5-6,9-10,18-19H,3-4,7-8,11-17H2,1-2H3. The van der Waals surface area contributed by atoms with Gasteiger partial charge in [-0.25, -0.2) is 0 Å². The van der Waals surface area contributed by atoms with Gasteiger partial charge in [0, 0.05) is 39.3 Å². The molecule has 1 unspecified atom stereocenters. The Kier molecular flexibility index (Phi) is 6.38. The van der Waals surface area contributed by atoms with Crippen LogP contribution in [0.1, 0.15) is 45.4 Å². The first-order chi connectivity index (χ1) is 14.2. The van der Waals surface area contributed by atoms with E-state index < -0.39 is 0 Å². The number of hydrogen-bond acceptors (Lipinski definition) is 5. The Bertz CT molecular complexity index is 779. The lowest BCUT2D eigenvalue weighted by Crippen LogP contribution is -2.51. The van der Waals surface area contributed by atoms with E-state index in [2.05, 4.69) is 21.7 Å². The van der Waals surface area contributed by atoms with E-state index in [1.807, 2.05) is 36.2 Å². The number of hydrogen-bond donors (Lipinski definition) is 0. The van der Waals surface area contributed by atoms with Crippen molar-refractivity contribution in [3.05, 3.63) is 24.3 Å². The number of aromatic nitrogens is 1. The van der Waals surface area contributed by atoms with Gasteiger partial charge in [0.15, 0.2) is 5.58 Å². The van der Waals surface area contributed by atoms with Crippen molar-refractivity contribution in [2.45, 2.75) is 51.5 Å². The molecule has 2 saturated heterocycles. The maximum atomic E-state index is 12.8. The Morgan fingerprint density at radius 3 is 2.76 bits per heavy atom. The second-order valence-corrected chi connectivity index (χ2v) is 8.63. The highest BCUT2D eigenvalue weighted by atomic mass is 16.4. The molecule has 0 radical (unpaired) electrons. The van der Waals surface area contributed by atoms with E-state index >= 15 is 0 Å². The molecule has 2 aliphatic heterocycles. The van der Waals surface area contributed by atoms with Crippen molar-refractivity contribution in [3.63, 3.8) is 0 Å². The number of carbonyl (C=O) groups excluding carboxylic acids is 1. The number of anilines is 1. The lowest BCUT2D eigenvalue weighted by atomic mass is 9.93. The van der Waals surface area contributed by atoms with Gasteiger partial charge in [-0.3, -0.25) is 9.69 Å². The zero-order valence-electron chi connectivity index (χ0n) is 17.8. The van der Waals surface area contributed by atoms with Gasteiger partial charge in [-0.05, 0) is 50.8 Å². The first kappa shape index (κ1) is 20.2. The smallest absolute Gasteiger partial charge is 0.298 e. The topological polar surface area (TPSA) is 52.8 Å². The number of para-hydroxylation sites is 2. The minimum atomic E-state index is 0.167.